The van der Waals surface area contributed by atoms with Gasteiger partial charge >= 0.3 is 0 Å². The monoisotopic (exact) mass is 396 g/mol. The van der Waals surface area contributed by atoms with Crippen molar-refractivity contribution in [3.63, 3.8) is 0 Å². The van der Waals surface area contributed by atoms with Crippen LogP contribution in [0, 0.1) is 13.8 Å². The highest BCUT2D eigenvalue weighted by atomic mass is 32.2. The van der Waals surface area contributed by atoms with Crippen molar-refractivity contribution < 1.29 is 4.79 Å². The number of thiocarbonyl (C=S) groups is 1. The van der Waals surface area contributed by atoms with Crippen molar-refractivity contribution in [2.45, 2.75) is 33.6 Å². The summed E-state index contributed by atoms with van der Waals surface area (Å²) >= 11 is 6.68. The average Bonchev–Trinajstić information content (AvgIpc) is 3.05. The van der Waals surface area contributed by atoms with Crippen LogP contribution in [-0.2, 0) is 4.79 Å². The van der Waals surface area contributed by atoms with Gasteiger partial charge in [-0.3, -0.25) is 9.69 Å². The van der Waals surface area contributed by atoms with Gasteiger partial charge in [0.15, 0.2) is 0 Å². The summed E-state index contributed by atoms with van der Waals surface area (Å²) in [5.41, 5.74) is 5.75. The summed E-state index contributed by atoms with van der Waals surface area (Å²) in [6.45, 7) is 12.7. The maximum atomic E-state index is 12.6. The molecule has 3 rings (SSSR count). The third kappa shape index (κ3) is 3.80. The Morgan fingerprint density at radius 2 is 1.89 bits per heavy atom. The molecule has 1 saturated heterocycles. The summed E-state index contributed by atoms with van der Waals surface area (Å²) in [5, 5.41) is 0. The molecule has 1 fully saturated rings. The third-order valence-corrected chi connectivity index (χ3v) is 6.14. The van der Waals surface area contributed by atoms with E-state index in [0.717, 1.165) is 22.6 Å². The Kier molecular flexibility index (Phi) is 5.72. The number of carbonyl (C=O) groups is 1. The molecule has 1 aromatic carbocycles. The fourth-order valence-corrected chi connectivity index (χ4v) is 4.53. The Morgan fingerprint density at radius 1 is 1.22 bits per heavy atom. The van der Waals surface area contributed by atoms with E-state index in [1.165, 1.54) is 17.3 Å². The highest BCUT2D eigenvalue weighted by molar-refractivity contribution is 8.26. The number of benzene rings is 1. The van der Waals surface area contributed by atoms with Crippen LogP contribution in [-0.4, -0.2) is 26.2 Å². The van der Waals surface area contributed by atoms with E-state index in [9.17, 15) is 4.79 Å². The van der Waals surface area contributed by atoms with Gasteiger partial charge in [0.2, 0.25) is 0 Å². The molecule has 1 aliphatic rings. The van der Waals surface area contributed by atoms with Crippen LogP contribution in [0.1, 0.15) is 42.3 Å². The number of aromatic nitrogens is 1. The highest BCUT2D eigenvalue weighted by Gasteiger charge is 2.31. The molecule has 0 N–H and O–H groups in total. The fourth-order valence-electron chi connectivity index (χ4n) is 3.27. The third-order valence-electron chi connectivity index (χ3n) is 4.76. The number of aryl methyl sites for hydroxylation is 1. The van der Waals surface area contributed by atoms with Crippen molar-refractivity contribution >= 4 is 40.3 Å². The molecule has 0 saturated carbocycles. The maximum absolute atomic E-state index is 12.6. The molecule has 2 aromatic rings. The quantitative estimate of drug-likeness (QED) is 0.373. The second-order valence-electron chi connectivity index (χ2n) is 6.99. The molecule has 0 radical (unpaired) electrons. The van der Waals surface area contributed by atoms with Crippen molar-refractivity contribution in [1.29, 1.82) is 0 Å². The molecule has 1 aliphatic heterocycles. The SMILES string of the molecule is C=CCN1C(=O)/C(=C/c2cc(C)n(-c3ccc(C(C)C)cc3)c2C)SC1=S. The number of hydrogen-bond acceptors (Lipinski definition) is 3. The molecule has 140 valence electrons. The molecule has 2 heterocycles. The molecule has 0 spiro atoms. The van der Waals surface area contributed by atoms with Gasteiger partial charge in [0.25, 0.3) is 5.91 Å². The number of carbonyl (C=O) groups excluding carboxylic acids is 1. The van der Waals surface area contributed by atoms with E-state index < -0.39 is 0 Å². The Hall–Kier alpha value is -2.11. The zero-order valence-corrected chi connectivity index (χ0v) is 17.8. The van der Waals surface area contributed by atoms with Crippen LogP contribution < -0.4 is 0 Å². The average molecular weight is 397 g/mol. The van der Waals surface area contributed by atoms with Crippen LogP contribution in [0.3, 0.4) is 0 Å². The molecule has 0 atom stereocenters. The van der Waals surface area contributed by atoms with Crippen molar-refractivity contribution in [3.05, 3.63) is 70.4 Å². The zero-order chi connectivity index (χ0) is 19.7. The minimum Gasteiger partial charge on any atom is -0.318 e. The zero-order valence-electron chi connectivity index (χ0n) is 16.2. The highest BCUT2D eigenvalue weighted by Crippen LogP contribution is 2.34. The number of thioether (sulfide) groups is 1. The first-order valence-electron chi connectivity index (χ1n) is 8.99. The predicted octanol–water partition coefficient (Wildman–Crippen LogP) is 5.60. The molecule has 1 aromatic heterocycles. The molecule has 3 nitrogen and oxygen atoms in total. The van der Waals surface area contributed by atoms with E-state index in [4.69, 9.17) is 12.2 Å². The largest absolute Gasteiger partial charge is 0.318 e. The number of rotatable bonds is 5. The molecular formula is C22H24N2OS2. The molecule has 0 unspecified atom stereocenters. The van der Waals surface area contributed by atoms with Crippen molar-refractivity contribution in [2.75, 3.05) is 6.54 Å². The minimum atomic E-state index is -0.0454. The van der Waals surface area contributed by atoms with E-state index in [2.05, 4.69) is 69.2 Å². The van der Waals surface area contributed by atoms with Crippen LogP contribution >= 0.6 is 24.0 Å². The first-order valence-corrected chi connectivity index (χ1v) is 10.2. The molecular weight excluding hydrogens is 372 g/mol. The van der Waals surface area contributed by atoms with E-state index >= 15 is 0 Å². The maximum Gasteiger partial charge on any atom is 0.266 e. The number of nitrogens with zero attached hydrogens (tertiary/aromatic N) is 2. The predicted molar refractivity (Wildman–Crippen MR) is 119 cm³/mol. The molecule has 5 heteroatoms. The lowest BCUT2D eigenvalue weighted by atomic mass is 10.0. The van der Waals surface area contributed by atoms with E-state index in [1.54, 1.807) is 11.0 Å². The Labute approximate surface area is 170 Å². The van der Waals surface area contributed by atoms with Gasteiger partial charge in [-0.05, 0) is 55.2 Å². The lowest BCUT2D eigenvalue weighted by Gasteiger charge is -2.12. The van der Waals surface area contributed by atoms with Crippen molar-refractivity contribution in [2.24, 2.45) is 0 Å². The summed E-state index contributed by atoms with van der Waals surface area (Å²) in [5.74, 6) is 0.468. The van der Waals surface area contributed by atoms with Gasteiger partial charge in [-0.25, -0.2) is 0 Å². The molecule has 27 heavy (non-hydrogen) atoms. The smallest absolute Gasteiger partial charge is 0.266 e. The van der Waals surface area contributed by atoms with Crippen LogP contribution in [0.4, 0.5) is 0 Å². The number of amides is 1. The van der Waals surface area contributed by atoms with Gasteiger partial charge in [-0.1, -0.05) is 56.0 Å². The van der Waals surface area contributed by atoms with Gasteiger partial charge in [-0.2, -0.15) is 0 Å². The Balaban J connectivity index is 1.96. The van der Waals surface area contributed by atoms with Gasteiger partial charge in [0.05, 0.1) is 4.91 Å². The van der Waals surface area contributed by atoms with Crippen LogP contribution in [0.25, 0.3) is 11.8 Å². The van der Waals surface area contributed by atoms with Gasteiger partial charge < -0.3 is 4.57 Å². The summed E-state index contributed by atoms with van der Waals surface area (Å²) in [6.07, 6.45) is 3.64. The van der Waals surface area contributed by atoms with Crippen molar-refractivity contribution in [3.8, 4) is 5.69 Å². The summed E-state index contributed by atoms with van der Waals surface area (Å²) in [4.78, 5) is 14.8. The number of hydrogen-bond donors (Lipinski definition) is 0. The van der Waals surface area contributed by atoms with Gasteiger partial charge in [0, 0.05) is 23.6 Å². The lowest BCUT2D eigenvalue weighted by Crippen LogP contribution is -2.27. The first kappa shape index (κ1) is 19.6. The second-order valence-corrected chi connectivity index (χ2v) is 8.66. The Bertz CT molecular complexity index is 936. The van der Waals surface area contributed by atoms with E-state index in [-0.39, 0.29) is 5.91 Å². The standard InChI is InChI=1S/C22H24N2OS2/c1-6-11-23-21(25)20(27-22(23)26)13-18-12-15(4)24(16(18)5)19-9-7-17(8-10-19)14(2)3/h6-10,12-14H,1,11H2,2-5H3/b20-13-. The van der Waals surface area contributed by atoms with E-state index in [0.29, 0.717) is 21.7 Å². The lowest BCUT2D eigenvalue weighted by molar-refractivity contribution is -0.121. The summed E-state index contributed by atoms with van der Waals surface area (Å²) in [6, 6.07) is 10.8. The van der Waals surface area contributed by atoms with Crippen LogP contribution in [0.15, 0.2) is 47.9 Å². The fraction of sp³-hybridized carbons (Fsp3) is 0.273. The molecule has 1 amide bonds. The first-order chi connectivity index (χ1) is 12.8. The summed E-state index contributed by atoms with van der Waals surface area (Å²) < 4.78 is 2.81. The van der Waals surface area contributed by atoms with Crippen molar-refractivity contribution in [1.82, 2.24) is 9.47 Å². The van der Waals surface area contributed by atoms with Gasteiger partial charge in [0.1, 0.15) is 4.32 Å². The molecule has 0 bridgehead atoms. The van der Waals surface area contributed by atoms with Gasteiger partial charge in [-0.15, -0.1) is 6.58 Å². The Morgan fingerprint density at radius 3 is 2.48 bits per heavy atom. The molecule has 0 aliphatic carbocycles. The minimum absolute atomic E-state index is 0.0454. The summed E-state index contributed by atoms with van der Waals surface area (Å²) in [7, 11) is 0. The van der Waals surface area contributed by atoms with Crippen LogP contribution in [0.2, 0.25) is 0 Å². The second kappa shape index (κ2) is 7.87. The topological polar surface area (TPSA) is 25.2 Å². The van der Waals surface area contributed by atoms with E-state index in [1.807, 2.05) is 6.08 Å². The normalized spacial score (nSPS) is 16.0. The van der Waals surface area contributed by atoms with Crippen LogP contribution in [0.5, 0.6) is 0 Å².